The lowest BCUT2D eigenvalue weighted by Crippen LogP contribution is -2.47. The van der Waals surface area contributed by atoms with Crippen LogP contribution in [0, 0.1) is 53.3 Å². The zero-order chi connectivity index (χ0) is 83.4. The Hall–Kier alpha value is -3.36. The maximum Gasteiger partial charge on any atom is 0.219 e. The second kappa shape index (κ2) is 69.2. The van der Waals surface area contributed by atoms with E-state index in [4.69, 9.17) is 0 Å². The molecule has 18 heteroatoms. The van der Waals surface area contributed by atoms with Crippen LogP contribution in [0.2, 0.25) is 0 Å². The van der Waals surface area contributed by atoms with Crippen LogP contribution in [-0.4, -0.2) is 158 Å². The van der Waals surface area contributed by atoms with Gasteiger partial charge in [-0.3, -0.25) is 38.4 Å². The maximum absolute atomic E-state index is 13.3. The van der Waals surface area contributed by atoms with Crippen LogP contribution in [0.25, 0.3) is 0 Å². The molecule has 0 aromatic heterocycles. The van der Waals surface area contributed by atoms with Gasteiger partial charge >= 0.3 is 0 Å². The van der Waals surface area contributed by atoms with Gasteiger partial charge in [0.1, 0.15) is 23.1 Å². The largest absolute Gasteiger partial charge is 0.356 e. The van der Waals surface area contributed by atoms with Crippen molar-refractivity contribution in [3.8, 4) is 0 Å². The molecular weight excluding hydrogens is 1350 g/mol. The molecular formula is C90H182N10O8. The molecule has 0 aromatic carbocycles. The first kappa shape index (κ1) is 111. The van der Waals surface area contributed by atoms with Gasteiger partial charge < -0.3 is 53.2 Å². The van der Waals surface area contributed by atoms with E-state index in [2.05, 4.69) is 199 Å². The fraction of sp³-hybridized carbons (Fsp3) is 0.911. The van der Waals surface area contributed by atoms with Gasteiger partial charge in [-0.25, -0.2) is 0 Å². The van der Waals surface area contributed by atoms with Crippen molar-refractivity contribution in [3.05, 3.63) is 0 Å². The lowest BCUT2D eigenvalue weighted by Gasteiger charge is -2.28. The molecule has 6 unspecified atom stereocenters. The molecule has 0 heterocycles. The Morgan fingerprint density at radius 2 is 0.519 bits per heavy atom. The third-order valence-electron chi connectivity index (χ3n) is 19.1. The number of unbranched alkanes of at least 4 members (excludes halogenated alkanes) is 7. The summed E-state index contributed by atoms with van der Waals surface area (Å²) >= 11 is 0. The summed E-state index contributed by atoms with van der Waals surface area (Å²) in [5.41, 5.74) is 0. The quantitative estimate of drug-likeness (QED) is 0.0254. The van der Waals surface area contributed by atoms with Crippen molar-refractivity contribution in [2.24, 2.45) is 53.3 Å². The number of hydrogen-bond donors (Lipinski definition) is 10. The van der Waals surface area contributed by atoms with E-state index in [0.717, 1.165) is 155 Å². The summed E-state index contributed by atoms with van der Waals surface area (Å²) in [6.45, 7) is 65.7. The van der Waals surface area contributed by atoms with Crippen molar-refractivity contribution in [1.82, 2.24) is 53.2 Å². The number of amides is 2. The second-order valence-corrected chi connectivity index (χ2v) is 36.0. The average molecular weight is 1530 g/mol. The zero-order valence-electron chi connectivity index (χ0n) is 76.0. The molecule has 0 fully saturated rings. The Morgan fingerprint density at radius 1 is 0.241 bits per heavy atom. The number of carbonyl (C=O) groups is 8. The monoisotopic (exact) mass is 1530 g/mol. The van der Waals surface area contributed by atoms with E-state index < -0.39 is 0 Å². The smallest absolute Gasteiger partial charge is 0.219 e. The molecule has 0 saturated heterocycles. The van der Waals surface area contributed by atoms with Crippen molar-refractivity contribution in [3.63, 3.8) is 0 Å². The molecule has 0 rings (SSSR count). The highest BCUT2D eigenvalue weighted by Crippen LogP contribution is 2.24. The molecule has 0 spiro atoms. The average Bonchev–Trinajstić information content (AvgIpc) is 0.888. The van der Waals surface area contributed by atoms with Crippen molar-refractivity contribution in [2.75, 3.05) is 39.3 Å². The molecule has 10 N–H and O–H groups in total. The highest BCUT2D eigenvalue weighted by atomic mass is 16.2. The van der Waals surface area contributed by atoms with Crippen molar-refractivity contribution < 1.29 is 38.4 Å². The summed E-state index contributed by atoms with van der Waals surface area (Å²) in [6, 6.07) is 2.61. The molecule has 0 aromatic rings. The fourth-order valence-electron chi connectivity index (χ4n) is 12.9. The fourth-order valence-corrected chi connectivity index (χ4v) is 12.9. The van der Waals surface area contributed by atoms with Crippen molar-refractivity contribution in [1.29, 1.82) is 0 Å². The molecule has 0 aliphatic heterocycles. The summed E-state index contributed by atoms with van der Waals surface area (Å²) in [7, 11) is 0. The third-order valence-corrected chi connectivity index (χ3v) is 19.1. The van der Waals surface area contributed by atoms with Crippen LogP contribution < -0.4 is 53.2 Å². The molecule has 640 valence electrons. The summed E-state index contributed by atoms with van der Waals surface area (Å²) in [6.07, 6.45) is 23.2. The Balaban J connectivity index is -0.000000687. The number of hydrogen-bond acceptors (Lipinski definition) is 16. The van der Waals surface area contributed by atoms with Crippen molar-refractivity contribution >= 4 is 46.5 Å². The van der Waals surface area contributed by atoms with Crippen LogP contribution in [0.1, 0.15) is 368 Å². The van der Waals surface area contributed by atoms with E-state index >= 15 is 0 Å². The standard InChI is InChI=1S/C30H59N3O3.C25H51N3O2.C20H40N2O2.C15H32N2O/c1-22(2)15-9-10-18-29(35)32-20-14-12-17-27(33-25(7)8)28(34)21-26(30(36)23(3)4)16-11-13-19-31-24(5)6;1-18(2)25(30)22(13-9-11-15-26-19(3)4)17-24(29)23(28-21(7)8)14-10-12-16-27-20(5)6;1-15(2)11-7-8-13-19(23)21-14-10-9-12-18(22-17(5)6)20(24)16(3)4;1-10(2)15(18)14(17-12(5)6)13(7)8-9-16-11(3)4/h22-27,31,33H,9-21H2,1-8H3,(H,32,35);18-23,26-28H,9-17H2,1-8H3;15-18,22H,7-14H2,1-6H3,(H,21,23);10-14,16-17H,8-9H2,1-7H3/t;;;13?,14-/m...0/s1. The van der Waals surface area contributed by atoms with E-state index in [1.807, 2.05) is 55.4 Å². The summed E-state index contributed by atoms with van der Waals surface area (Å²) in [4.78, 5) is 100. The number of carbonyl (C=O) groups excluding carboxylic acids is 8. The lowest BCUT2D eigenvalue weighted by molar-refractivity contribution is -0.131. The topological polar surface area (TPSA) is 257 Å². The SMILES string of the molecule is CC(C)CCCCC(=O)NCCCCC(NC(C)C)C(=O)C(C)C.CC(C)CCCCC(=O)NCCCCC(NC(C)C)C(=O)CC(CCCCNC(C)C)C(=O)C(C)C.CC(C)NCCC(C)[C@H](NC(C)C)C(=O)C(C)C.CC(C)NCCCCC(CC(=O)C(CCCCNC(C)C)NC(C)C)C(=O)C(C)C. The molecule has 7 atom stereocenters. The Kier molecular flexibility index (Phi) is 71.1. The Morgan fingerprint density at radius 3 is 0.815 bits per heavy atom. The minimum Gasteiger partial charge on any atom is -0.356 e. The molecule has 0 saturated carbocycles. The van der Waals surface area contributed by atoms with Gasteiger partial charge in [0.25, 0.3) is 0 Å². The molecule has 108 heavy (non-hydrogen) atoms. The van der Waals surface area contributed by atoms with Crippen LogP contribution in [0.4, 0.5) is 0 Å². The predicted octanol–water partition coefficient (Wildman–Crippen LogP) is 17.0. The third kappa shape index (κ3) is 68.3. The minimum absolute atomic E-state index is 0.0148. The van der Waals surface area contributed by atoms with Crippen LogP contribution in [0.3, 0.4) is 0 Å². The number of Topliss-reactive ketones (excluding diaryl/α,β-unsaturated/α-hetero) is 6. The van der Waals surface area contributed by atoms with E-state index in [1.165, 1.54) is 12.8 Å². The zero-order valence-corrected chi connectivity index (χ0v) is 76.0. The molecule has 0 bridgehead atoms. The first-order valence-corrected chi connectivity index (χ1v) is 44.2. The summed E-state index contributed by atoms with van der Waals surface area (Å²) < 4.78 is 0. The number of ketones is 6. The Labute approximate surface area is 667 Å². The normalized spacial score (nSPS) is 13.9. The summed E-state index contributed by atoms with van der Waals surface area (Å²) in [5.74, 6) is 3.25. The lowest BCUT2D eigenvalue weighted by atomic mass is 9.85. The van der Waals surface area contributed by atoms with Gasteiger partial charge in [-0.05, 0) is 140 Å². The van der Waals surface area contributed by atoms with E-state index in [1.54, 1.807) is 0 Å². The molecule has 18 nitrogen and oxygen atoms in total. The predicted molar refractivity (Wildman–Crippen MR) is 462 cm³/mol. The highest BCUT2D eigenvalue weighted by Gasteiger charge is 2.31. The Bertz CT molecular complexity index is 2250. The molecule has 2 amide bonds. The van der Waals surface area contributed by atoms with Gasteiger partial charge in [-0.1, -0.05) is 246 Å². The van der Waals surface area contributed by atoms with Gasteiger partial charge in [-0.15, -0.1) is 0 Å². The van der Waals surface area contributed by atoms with Gasteiger partial charge in [0.15, 0.2) is 11.6 Å². The van der Waals surface area contributed by atoms with Gasteiger partial charge in [0.05, 0.1) is 24.2 Å². The highest BCUT2D eigenvalue weighted by molar-refractivity contribution is 5.92. The van der Waals surface area contributed by atoms with Crippen LogP contribution in [0.5, 0.6) is 0 Å². The van der Waals surface area contributed by atoms with E-state index in [0.29, 0.717) is 98.6 Å². The minimum atomic E-state index is -0.234. The van der Waals surface area contributed by atoms with Crippen molar-refractivity contribution in [2.45, 2.75) is 440 Å². The van der Waals surface area contributed by atoms with Gasteiger partial charge in [-0.2, -0.15) is 0 Å². The first-order valence-electron chi connectivity index (χ1n) is 44.2. The summed E-state index contributed by atoms with van der Waals surface area (Å²) in [5, 5.41) is 33.4. The van der Waals surface area contributed by atoms with Crippen LogP contribution in [0.15, 0.2) is 0 Å². The molecule has 0 radical (unpaired) electrons. The van der Waals surface area contributed by atoms with E-state index in [9.17, 15) is 38.4 Å². The van der Waals surface area contributed by atoms with Gasteiger partial charge in [0, 0.05) is 123 Å². The van der Waals surface area contributed by atoms with Crippen LogP contribution >= 0.6 is 0 Å². The number of rotatable bonds is 65. The first-order chi connectivity index (χ1) is 50.5. The second-order valence-electron chi connectivity index (χ2n) is 36.0. The molecule has 0 aliphatic carbocycles. The van der Waals surface area contributed by atoms with E-state index in [-0.39, 0.29) is 112 Å². The molecule has 0 aliphatic rings. The number of nitrogens with one attached hydrogen (secondary N) is 10. The van der Waals surface area contributed by atoms with Crippen LogP contribution in [-0.2, 0) is 38.4 Å². The maximum atomic E-state index is 13.3. The van der Waals surface area contributed by atoms with Gasteiger partial charge in [0.2, 0.25) is 11.8 Å².